The standard InChI is InChI=1S/C8H18O2.C7H16O2/c1-7(2)6-8(3,9-4)10-5;1-5-8-7(3,4)9-6-2/h7H,6H2,1-5H3;5-6H2,1-4H3. The van der Waals surface area contributed by atoms with Gasteiger partial charge in [0.1, 0.15) is 0 Å². The van der Waals surface area contributed by atoms with Crippen molar-refractivity contribution in [3.8, 4) is 0 Å². The molecule has 0 bridgehead atoms. The molecule has 0 aliphatic heterocycles. The molecule has 0 rings (SSSR count). The number of rotatable bonds is 8. The monoisotopic (exact) mass is 278 g/mol. The zero-order valence-corrected chi connectivity index (χ0v) is 14.3. The van der Waals surface area contributed by atoms with Gasteiger partial charge in [-0.3, -0.25) is 0 Å². The van der Waals surface area contributed by atoms with Crippen molar-refractivity contribution in [1.29, 1.82) is 0 Å². The molecule has 0 spiro atoms. The van der Waals surface area contributed by atoms with E-state index in [1.807, 2.05) is 34.6 Å². The van der Waals surface area contributed by atoms with E-state index in [4.69, 9.17) is 18.9 Å². The van der Waals surface area contributed by atoms with Gasteiger partial charge in [0, 0.05) is 33.9 Å². The van der Waals surface area contributed by atoms with E-state index in [0.717, 1.165) is 6.42 Å². The molecule has 0 N–H and O–H groups in total. The van der Waals surface area contributed by atoms with Crippen LogP contribution >= 0.6 is 0 Å². The summed E-state index contributed by atoms with van der Waals surface area (Å²) in [5.74, 6) is -0.192. The van der Waals surface area contributed by atoms with Crippen molar-refractivity contribution in [1.82, 2.24) is 0 Å². The first-order chi connectivity index (χ1) is 8.66. The van der Waals surface area contributed by atoms with Gasteiger partial charge in [0.2, 0.25) is 0 Å². The Balaban J connectivity index is 0. The maximum atomic E-state index is 5.25. The van der Waals surface area contributed by atoms with E-state index < -0.39 is 11.6 Å². The molecule has 4 nitrogen and oxygen atoms in total. The van der Waals surface area contributed by atoms with Crippen molar-refractivity contribution in [2.75, 3.05) is 27.4 Å². The van der Waals surface area contributed by atoms with Gasteiger partial charge in [-0.05, 0) is 40.5 Å². The Bertz CT molecular complexity index is 190. The molecule has 0 aromatic heterocycles. The Hall–Kier alpha value is -0.160. The summed E-state index contributed by atoms with van der Waals surface area (Å²) in [5.41, 5.74) is 0. The number of hydrogen-bond donors (Lipinski definition) is 0. The van der Waals surface area contributed by atoms with E-state index in [2.05, 4.69) is 13.8 Å². The Morgan fingerprint density at radius 1 is 0.842 bits per heavy atom. The third kappa shape index (κ3) is 12.6. The highest BCUT2D eigenvalue weighted by Crippen LogP contribution is 2.20. The molecule has 0 aromatic rings. The number of methoxy groups -OCH3 is 2. The summed E-state index contributed by atoms with van der Waals surface area (Å²) in [6.45, 7) is 15.4. The number of hydrogen-bond acceptors (Lipinski definition) is 4. The molecule has 0 radical (unpaired) electrons. The summed E-state index contributed by atoms with van der Waals surface area (Å²) in [6.07, 6.45) is 0.931. The van der Waals surface area contributed by atoms with E-state index in [-0.39, 0.29) is 0 Å². The highest BCUT2D eigenvalue weighted by Gasteiger charge is 2.23. The minimum Gasteiger partial charge on any atom is -0.353 e. The molecule has 0 heterocycles. The third-order valence-electron chi connectivity index (χ3n) is 2.63. The molecule has 0 aliphatic rings. The lowest BCUT2D eigenvalue weighted by Gasteiger charge is -2.27. The Kier molecular flexibility index (Phi) is 11.8. The fourth-order valence-corrected chi connectivity index (χ4v) is 1.73. The van der Waals surface area contributed by atoms with Crippen LogP contribution in [0.5, 0.6) is 0 Å². The van der Waals surface area contributed by atoms with Crippen LogP contribution in [0.4, 0.5) is 0 Å². The van der Waals surface area contributed by atoms with Gasteiger partial charge in [0.25, 0.3) is 0 Å². The lowest BCUT2D eigenvalue weighted by atomic mass is 10.0. The molecule has 0 aromatic carbocycles. The van der Waals surface area contributed by atoms with Crippen molar-refractivity contribution in [2.24, 2.45) is 5.92 Å². The van der Waals surface area contributed by atoms with Crippen LogP contribution in [0.2, 0.25) is 0 Å². The van der Waals surface area contributed by atoms with Crippen molar-refractivity contribution < 1.29 is 18.9 Å². The zero-order chi connectivity index (χ0) is 15.5. The second kappa shape index (κ2) is 10.6. The van der Waals surface area contributed by atoms with E-state index in [1.165, 1.54) is 0 Å². The van der Waals surface area contributed by atoms with Gasteiger partial charge in [-0.1, -0.05) is 13.8 Å². The summed E-state index contributed by atoms with van der Waals surface area (Å²) in [5, 5.41) is 0. The highest BCUT2D eigenvalue weighted by molar-refractivity contribution is 4.63. The van der Waals surface area contributed by atoms with Crippen molar-refractivity contribution in [2.45, 2.75) is 66.5 Å². The highest BCUT2D eigenvalue weighted by atomic mass is 16.7. The predicted octanol–water partition coefficient (Wildman–Crippen LogP) is 3.84. The van der Waals surface area contributed by atoms with Gasteiger partial charge in [-0.25, -0.2) is 0 Å². The van der Waals surface area contributed by atoms with Crippen LogP contribution in [0.25, 0.3) is 0 Å². The molecular formula is C15H34O4. The summed E-state index contributed by atoms with van der Waals surface area (Å²) in [7, 11) is 3.34. The normalized spacial score (nSPS) is 12.3. The van der Waals surface area contributed by atoms with Crippen LogP contribution in [0.15, 0.2) is 0 Å². The molecule has 0 aliphatic carbocycles. The van der Waals surface area contributed by atoms with Gasteiger partial charge in [0.05, 0.1) is 0 Å². The lowest BCUT2D eigenvalue weighted by molar-refractivity contribution is -0.207. The lowest BCUT2D eigenvalue weighted by Crippen LogP contribution is -2.31. The van der Waals surface area contributed by atoms with E-state index in [0.29, 0.717) is 19.1 Å². The average Bonchev–Trinajstić information content (AvgIpc) is 2.28. The summed E-state index contributed by atoms with van der Waals surface area (Å²) >= 11 is 0. The van der Waals surface area contributed by atoms with E-state index in [9.17, 15) is 0 Å². The minimum absolute atomic E-state index is 0.395. The molecule has 0 unspecified atom stereocenters. The van der Waals surface area contributed by atoms with Crippen LogP contribution in [-0.2, 0) is 18.9 Å². The van der Waals surface area contributed by atoms with Crippen LogP contribution < -0.4 is 0 Å². The Labute approximate surface area is 119 Å². The molecule has 0 fully saturated rings. The van der Waals surface area contributed by atoms with E-state index >= 15 is 0 Å². The maximum Gasteiger partial charge on any atom is 0.164 e. The van der Waals surface area contributed by atoms with E-state index in [1.54, 1.807) is 14.2 Å². The van der Waals surface area contributed by atoms with Gasteiger partial charge >= 0.3 is 0 Å². The summed E-state index contributed by atoms with van der Waals surface area (Å²) in [6, 6.07) is 0. The van der Waals surface area contributed by atoms with Crippen molar-refractivity contribution in [3.63, 3.8) is 0 Å². The largest absolute Gasteiger partial charge is 0.353 e. The smallest absolute Gasteiger partial charge is 0.164 e. The van der Waals surface area contributed by atoms with Gasteiger partial charge in [-0.15, -0.1) is 0 Å². The fourth-order valence-electron chi connectivity index (χ4n) is 1.73. The van der Waals surface area contributed by atoms with Crippen molar-refractivity contribution >= 4 is 0 Å². The molecule has 0 saturated heterocycles. The summed E-state index contributed by atoms with van der Waals surface area (Å²) in [4.78, 5) is 0. The fraction of sp³-hybridized carbons (Fsp3) is 1.00. The second-order valence-electron chi connectivity index (χ2n) is 5.41. The average molecular weight is 278 g/mol. The quantitative estimate of drug-likeness (QED) is 0.632. The molecule has 0 amide bonds. The van der Waals surface area contributed by atoms with Crippen LogP contribution in [0.3, 0.4) is 0 Å². The molecule has 19 heavy (non-hydrogen) atoms. The molecule has 118 valence electrons. The minimum atomic E-state index is -0.399. The van der Waals surface area contributed by atoms with Crippen LogP contribution in [0.1, 0.15) is 54.9 Å². The molecular weight excluding hydrogens is 244 g/mol. The first-order valence-electron chi connectivity index (χ1n) is 7.04. The second-order valence-corrected chi connectivity index (χ2v) is 5.41. The molecule has 4 heteroatoms. The van der Waals surface area contributed by atoms with Gasteiger partial charge in [0.15, 0.2) is 11.6 Å². The first kappa shape index (κ1) is 21.1. The van der Waals surface area contributed by atoms with Gasteiger partial charge < -0.3 is 18.9 Å². The molecule has 0 saturated carbocycles. The van der Waals surface area contributed by atoms with Crippen LogP contribution in [-0.4, -0.2) is 39.0 Å². The summed E-state index contributed by atoms with van der Waals surface area (Å²) < 4.78 is 20.8. The number of ether oxygens (including phenoxy) is 4. The van der Waals surface area contributed by atoms with Gasteiger partial charge in [-0.2, -0.15) is 0 Å². The zero-order valence-electron chi connectivity index (χ0n) is 14.3. The first-order valence-corrected chi connectivity index (χ1v) is 7.04. The predicted molar refractivity (Wildman–Crippen MR) is 79.2 cm³/mol. The molecule has 0 atom stereocenters. The Morgan fingerprint density at radius 3 is 1.37 bits per heavy atom. The van der Waals surface area contributed by atoms with Crippen LogP contribution in [0, 0.1) is 5.92 Å². The van der Waals surface area contributed by atoms with Crippen molar-refractivity contribution in [3.05, 3.63) is 0 Å². The maximum absolute atomic E-state index is 5.25. The Morgan fingerprint density at radius 2 is 1.21 bits per heavy atom. The SMILES string of the molecule is CCOC(C)(C)OCC.COC(C)(CC(C)C)OC. The third-order valence-corrected chi connectivity index (χ3v) is 2.63. The topological polar surface area (TPSA) is 36.9 Å².